The highest BCUT2D eigenvalue weighted by molar-refractivity contribution is 7.80. The fraction of sp³-hybridized carbons (Fsp3) is 0.750. The number of carbonyl (C=O) groups excluding carboxylic acids is 3. The average molecular weight is 391 g/mol. The monoisotopic (exact) mass is 390 g/mol. The van der Waals surface area contributed by atoms with Gasteiger partial charge in [-0.2, -0.15) is 12.6 Å². The maximum Gasteiger partial charge on any atom is 0.326 e. The van der Waals surface area contributed by atoms with Gasteiger partial charge in [0.05, 0.1) is 12.6 Å². The van der Waals surface area contributed by atoms with Gasteiger partial charge in [-0.1, -0.05) is 34.1 Å². The van der Waals surface area contributed by atoms with E-state index in [-0.39, 0.29) is 17.6 Å². The maximum absolute atomic E-state index is 12.1. The van der Waals surface area contributed by atoms with Crippen LogP contribution in [-0.2, 0) is 19.2 Å². The van der Waals surface area contributed by atoms with E-state index < -0.39 is 48.4 Å². The molecule has 0 aliphatic rings. The van der Waals surface area contributed by atoms with E-state index >= 15 is 0 Å². The Bertz CT molecular complexity index is 515. The number of aliphatic carboxylic acids is 1. The van der Waals surface area contributed by atoms with Crippen molar-refractivity contribution < 1.29 is 24.3 Å². The Balaban J connectivity index is 4.60. The second kappa shape index (κ2) is 11.7. The number of nitrogens with one attached hydrogen (secondary N) is 3. The highest BCUT2D eigenvalue weighted by Crippen LogP contribution is 2.05. The smallest absolute Gasteiger partial charge is 0.326 e. The van der Waals surface area contributed by atoms with E-state index in [1.807, 2.05) is 13.8 Å². The zero-order valence-electron chi connectivity index (χ0n) is 15.6. The summed E-state index contributed by atoms with van der Waals surface area (Å²) in [5, 5.41) is 16.2. The van der Waals surface area contributed by atoms with Crippen molar-refractivity contribution >= 4 is 36.3 Å². The first-order valence-electron chi connectivity index (χ1n) is 8.51. The van der Waals surface area contributed by atoms with Gasteiger partial charge in [-0.15, -0.1) is 0 Å². The molecule has 26 heavy (non-hydrogen) atoms. The summed E-state index contributed by atoms with van der Waals surface area (Å²) in [7, 11) is 0. The van der Waals surface area contributed by atoms with Crippen LogP contribution in [-0.4, -0.2) is 59.2 Å². The summed E-state index contributed by atoms with van der Waals surface area (Å²) >= 11 is 4.03. The van der Waals surface area contributed by atoms with Crippen molar-refractivity contribution in [1.29, 1.82) is 0 Å². The number of carbonyl (C=O) groups is 4. The molecule has 150 valence electrons. The number of carboxylic acid groups (broad SMARTS) is 1. The lowest BCUT2D eigenvalue weighted by Gasteiger charge is -2.22. The molecule has 10 heteroatoms. The van der Waals surface area contributed by atoms with Gasteiger partial charge in [-0.05, 0) is 11.8 Å². The van der Waals surface area contributed by atoms with Gasteiger partial charge in [0.2, 0.25) is 17.7 Å². The molecule has 0 bridgehead atoms. The Kier molecular flexibility index (Phi) is 10.9. The predicted molar refractivity (Wildman–Crippen MR) is 101 cm³/mol. The van der Waals surface area contributed by atoms with E-state index in [1.165, 1.54) is 0 Å². The standard InChI is InChI=1S/C16H30N4O5S/c1-5-9(4)12(17)15(23)19-10(7-26)14(22)18-6-11(21)20-13(8(2)3)16(24)25/h8-10,12-13,26H,5-7,17H2,1-4H3,(H,18,22)(H,19,23)(H,20,21)(H,24,25). The van der Waals surface area contributed by atoms with Crippen molar-refractivity contribution in [3.8, 4) is 0 Å². The molecule has 0 radical (unpaired) electrons. The molecule has 3 amide bonds. The molecule has 9 nitrogen and oxygen atoms in total. The molecule has 4 atom stereocenters. The second-order valence-electron chi connectivity index (χ2n) is 6.50. The van der Waals surface area contributed by atoms with Gasteiger partial charge < -0.3 is 26.8 Å². The van der Waals surface area contributed by atoms with Gasteiger partial charge in [0.25, 0.3) is 0 Å². The summed E-state index contributed by atoms with van der Waals surface area (Å²) in [6, 6.07) is -2.75. The molecule has 0 aromatic rings. The molecule has 0 saturated heterocycles. The average Bonchev–Trinajstić information content (AvgIpc) is 2.59. The van der Waals surface area contributed by atoms with Crippen LogP contribution in [0.15, 0.2) is 0 Å². The molecule has 0 aromatic heterocycles. The van der Waals surface area contributed by atoms with Gasteiger partial charge in [-0.3, -0.25) is 14.4 Å². The van der Waals surface area contributed by atoms with Crippen LogP contribution >= 0.6 is 12.6 Å². The van der Waals surface area contributed by atoms with E-state index in [0.29, 0.717) is 6.42 Å². The molecule has 0 heterocycles. The number of rotatable bonds is 11. The fourth-order valence-electron chi connectivity index (χ4n) is 2.00. The van der Waals surface area contributed by atoms with E-state index in [4.69, 9.17) is 10.8 Å². The normalized spacial score (nSPS) is 15.5. The molecule has 0 spiro atoms. The van der Waals surface area contributed by atoms with E-state index in [2.05, 4.69) is 28.6 Å². The Morgan fingerprint density at radius 3 is 2.08 bits per heavy atom. The lowest BCUT2D eigenvalue weighted by molar-refractivity contribution is -0.143. The van der Waals surface area contributed by atoms with Crippen LogP contribution < -0.4 is 21.7 Å². The van der Waals surface area contributed by atoms with Crippen LogP contribution in [0.2, 0.25) is 0 Å². The van der Waals surface area contributed by atoms with Gasteiger partial charge >= 0.3 is 5.97 Å². The highest BCUT2D eigenvalue weighted by atomic mass is 32.1. The van der Waals surface area contributed by atoms with Crippen molar-refractivity contribution in [1.82, 2.24) is 16.0 Å². The molecule has 0 rings (SSSR count). The van der Waals surface area contributed by atoms with Gasteiger partial charge in [0.15, 0.2) is 0 Å². The Hall–Kier alpha value is -1.81. The summed E-state index contributed by atoms with van der Waals surface area (Å²) in [6.07, 6.45) is 0.715. The number of hydrogen-bond donors (Lipinski definition) is 6. The van der Waals surface area contributed by atoms with E-state index in [9.17, 15) is 19.2 Å². The van der Waals surface area contributed by atoms with Crippen LogP contribution in [0.3, 0.4) is 0 Å². The topological polar surface area (TPSA) is 151 Å². The Morgan fingerprint density at radius 1 is 1.08 bits per heavy atom. The minimum Gasteiger partial charge on any atom is -0.480 e. The molecule has 0 fully saturated rings. The van der Waals surface area contributed by atoms with Crippen molar-refractivity contribution in [3.05, 3.63) is 0 Å². The van der Waals surface area contributed by atoms with E-state index in [1.54, 1.807) is 13.8 Å². The van der Waals surface area contributed by atoms with Crippen molar-refractivity contribution in [3.63, 3.8) is 0 Å². The molecule has 0 aromatic carbocycles. The van der Waals surface area contributed by atoms with Crippen molar-refractivity contribution in [2.24, 2.45) is 17.6 Å². The minimum atomic E-state index is -1.15. The Labute approximate surface area is 159 Å². The summed E-state index contributed by atoms with van der Waals surface area (Å²) in [5.74, 6) is -3.19. The summed E-state index contributed by atoms with van der Waals surface area (Å²) in [6.45, 7) is 6.64. The van der Waals surface area contributed by atoms with E-state index in [0.717, 1.165) is 0 Å². The zero-order valence-corrected chi connectivity index (χ0v) is 16.5. The summed E-state index contributed by atoms with van der Waals surface area (Å²) in [5.41, 5.74) is 5.82. The molecular formula is C16H30N4O5S. The largest absolute Gasteiger partial charge is 0.480 e. The fourth-order valence-corrected chi connectivity index (χ4v) is 2.26. The molecule has 0 saturated carbocycles. The molecule has 0 aliphatic heterocycles. The number of amides is 3. The third-order valence-corrected chi connectivity index (χ3v) is 4.41. The first-order chi connectivity index (χ1) is 12.0. The highest BCUT2D eigenvalue weighted by Gasteiger charge is 2.26. The van der Waals surface area contributed by atoms with Gasteiger partial charge in [0.1, 0.15) is 12.1 Å². The Morgan fingerprint density at radius 2 is 1.65 bits per heavy atom. The lowest BCUT2D eigenvalue weighted by Crippen LogP contribution is -2.55. The van der Waals surface area contributed by atoms with Crippen LogP contribution in [0.5, 0.6) is 0 Å². The quantitative estimate of drug-likeness (QED) is 0.252. The SMILES string of the molecule is CCC(C)C(N)C(=O)NC(CS)C(=O)NCC(=O)NC(C(=O)O)C(C)C. The number of hydrogen-bond acceptors (Lipinski definition) is 6. The summed E-state index contributed by atoms with van der Waals surface area (Å²) in [4.78, 5) is 47.1. The second-order valence-corrected chi connectivity index (χ2v) is 6.87. The third kappa shape index (κ3) is 8.05. The maximum atomic E-state index is 12.1. The third-order valence-electron chi connectivity index (χ3n) is 4.05. The lowest BCUT2D eigenvalue weighted by atomic mass is 9.99. The molecule has 4 unspecified atom stereocenters. The number of nitrogens with two attached hydrogens (primary N) is 1. The first-order valence-corrected chi connectivity index (χ1v) is 9.14. The zero-order chi connectivity index (χ0) is 20.4. The molecule has 0 aliphatic carbocycles. The number of carboxylic acids is 1. The van der Waals surface area contributed by atoms with Crippen molar-refractivity contribution in [2.75, 3.05) is 12.3 Å². The number of thiol groups is 1. The first kappa shape index (κ1) is 24.2. The van der Waals surface area contributed by atoms with Gasteiger partial charge in [-0.25, -0.2) is 4.79 Å². The van der Waals surface area contributed by atoms with Crippen LogP contribution in [0.1, 0.15) is 34.1 Å². The predicted octanol–water partition coefficient (Wildman–Crippen LogP) is -0.884. The molecule has 6 N–H and O–H groups in total. The van der Waals surface area contributed by atoms with Crippen molar-refractivity contribution in [2.45, 2.75) is 52.2 Å². The van der Waals surface area contributed by atoms with Gasteiger partial charge in [0, 0.05) is 5.75 Å². The summed E-state index contributed by atoms with van der Waals surface area (Å²) < 4.78 is 0. The van der Waals surface area contributed by atoms with Crippen LogP contribution in [0.4, 0.5) is 0 Å². The minimum absolute atomic E-state index is 0.0240. The van der Waals surface area contributed by atoms with Crippen LogP contribution in [0.25, 0.3) is 0 Å². The molecular weight excluding hydrogens is 360 g/mol. The van der Waals surface area contributed by atoms with Crippen LogP contribution in [0, 0.1) is 11.8 Å².